The second-order valence-corrected chi connectivity index (χ2v) is 4.06. The zero-order valence-electron chi connectivity index (χ0n) is 8.57. The highest BCUT2D eigenvalue weighted by Crippen LogP contribution is 2.18. The molecule has 0 aromatic carbocycles. The summed E-state index contributed by atoms with van der Waals surface area (Å²) in [4.78, 5) is 10.8. The van der Waals surface area contributed by atoms with Crippen LogP contribution in [0.1, 0.15) is 39.0 Å². The Morgan fingerprint density at radius 1 is 1.36 bits per heavy atom. The van der Waals surface area contributed by atoms with Gasteiger partial charge in [0.1, 0.15) is 6.04 Å². The van der Waals surface area contributed by atoms with Gasteiger partial charge in [0.2, 0.25) is 0 Å². The van der Waals surface area contributed by atoms with E-state index in [0.717, 1.165) is 25.7 Å². The fraction of sp³-hybridized carbons (Fsp3) is 0.900. The highest BCUT2D eigenvalue weighted by Gasteiger charge is 2.26. The molecule has 0 spiro atoms. The van der Waals surface area contributed by atoms with Crippen LogP contribution in [-0.2, 0) is 4.79 Å². The van der Waals surface area contributed by atoms with Gasteiger partial charge in [0.15, 0.2) is 0 Å². The van der Waals surface area contributed by atoms with E-state index in [-0.39, 0.29) is 6.04 Å². The summed E-state index contributed by atoms with van der Waals surface area (Å²) in [6, 6.07) is -0.558. The molecule has 82 valence electrons. The summed E-state index contributed by atoms with van der Waals surface area (Å²) in [5, 5.41) is 21.1. The lowest BCUT2D eigenvalue weighted by molar-refractivity contribution is -0.142. The molecule has 1 saturated carbocycles. The molecule has 0 aliphatic heterocycles. The fourth-order valence-electron chi connectivity index (χ4n) is 1.94. The monoisotopic (exact) mass is 201 g/mol. The zero-order valence-corrected chi connectivity index (χ0v) is 8.57. The fourth-order valence-corrected chi connectivity index (χ4v) is 1.94. The van der Waals surface area contributed by atoms with Crippen LogP contribution in [0.3, 0.4) is 0 Å². The van der Waals surface area contributed by atoms with Crippen LogP contribution in [0.5, 0.6) is 0 Å². The predicted molar refractivity (Wildman–Crippen MR) is 53.1 cm³/mol. The summed E-state index contributed by atoms with van der Waals surface area (Å²) in [6.45, 7) is 1.51. The van der Waals surface area contributed by atoms with Crippen LogP contribution in [0.4, 0.5) is 0 Å². The van der Waals surface area contributed by atoms with Crippen LogP contribution in [0, 0.1) is 0 Å². The van der Waals surface area contributed by atoms with Gasteiger partial charge in [-0.05, 0) is 19.8 Å². The molecular weight excluding hydrogens is 182 g/mol. The molecule has 1 aliphatic rings. The largest absolute Gasteiger partial charge is 0.480 e. The van der Waals surface area contributed by atoms with Gasteiger partial charge in [-0.2, -0.15) is 0 Å². The molecule has 0 bridgehead atoms. The quantitative estimate of drug-likeness (QED) is 0.627. The van der Waals surface area contributed by atoms with Crippen molar-refractivity contribution in [3.05, 3.63) is 0 Å². The predicted octanol–water partition coefficient (Wildman–Crippen LogP) is 0.743. The lowest BCUT2D eigenvalue weighted by Crippen LogP contribution is -2.49. The van der Waals surface area contributed by atoms with E-state index in [4.69, 9.17) is 5.11 Å². The van der Waals surface area contributed by atoms with Crippen molar-refractivity contribution in [2.75, 3.05) is 0 Å². The first-order valence-electron chi connectivity index (χ1n) is 5.28. The molecule has 14 heavy (non-hydrogen) atoms. The highest BCUT2D eigenvalue weighted by atomic mass is 16.4. The Hall–Kier alpha value is -0.610. The topological polar surface area (TPSA) is 69.6 Å². The molecule has 0 heterocycles. The number of carboxylic acid groups (broad SMARTS) is 1. The van der Waals surface area contributed by atoms with Gasteiger partial charge in [0.25, 0.3) is 0 Å². The van der Waals surface area contributed by atoms with Gasteiger partial charge in [-0.25, -0.2) is 0 Å². The Bertz CT molecular complexity index is 188. The summed E-state index contributed by atoms with van der Waals surface area (Å²) in [5.41, 5.74) is 0. The lowest BCUT2D eigenvalue weighted by atomic mass is 9.94. The first-order chi connectivity index (χ1) is 6.61. The van der Waals surface area contributed by atoms with Crippen molar-refractivity contribution in [1.29, 1.82) is 0 Å². The van der Waals surface area contributed by atoms with Crippen LogP contribution < -0.4 is 5.32 Å². The molecule has 0 unspecified atom stereocenters. The van der Waals surface area contributed by atoms with Crippen LogP contribution >= 0.6 is 0 Å². The summed E-state index contributed by atoms with van der Waals surface area (Å²) >= 11 is 0. The number of carbonyl (C=O) groups is 1. The number of rotatable bonds is 4. The number of aliphatic hydroxyl groups excluding tert-OH is 1. The second-order valence-electron chi connectivity index (χ2n) is 4.06. The van der Waals surface area contributed by atoms with Gasteiger partial charge >= 0.3 is 5.97 Å². The number of aliphatic hydroxyl groups is 1. The van der Waals surface area contributed by atoms with Gasteiger partial charge in [-0.3, -0.25) is 10.1 Å². The summed E-state index contributed by atoms with van der Waals surface area (Å²) in [6.07, 6.45) is 4.76. The Morgan fingerprint density at radius 3 is 2.36 bits per heavy atom. The van der Waals surface area contributed by atoms with E-state index in [1.807, 2.05) is 0 Å². The van der Waals surface area contributed by atoms with Gasteiger partial charge in [0.05, 0.1) is 6.10 Å². The molecule has 1 aliphatic carbocycles. The van der Waals surface area contributed by atoms with Crippen LogP contribution in [0.25, 0.3) is 0 Å². The third-order valence-corrected chi connectivity index (χ3v) is 2.77. The van der Waals surface area contributed by atoms with Crippen LogP contribution in [0.15, 0.2) is 0 Å². The average Bonchev–Trinajstić information content (AvgIpc) is 2.15. The molecular formula is C10H19NO3. The summed E-state index contributed by atoms with van der Waals surface area (Å²) in [7, 11) is 0. The van der Waals surface area contributed by atoms with E-state index < -0.39 is 18.1 Å². The highest BCUT2D eigenvalue weighted by molar-refractivity contribution is 5.74. The van der Waals surface area contributed by atoms with E-state index in [9.17, 15) is 9.90 Å². The first-order valence-corrected chi connectivity index (χ1v) is 5.28. The van der Waals surface area contributed by atoms with Gasteiger partial charge in [-0.15, -0.1) is 0 Å². The molecule has 2 atom stereocenters. The standard InChI is InChI=1S/C10H19NO3/c1-7(12)9(10(13)14)11-8-5-3-2-4-6-8/h7-9,11-12H,2-6H2,1H3,(H,13,14)/t7-,9+/m1/s1. The van der Waals surface area contributed by atoms with E-state index in [1.54, 1.807) is 0 Å². The number of hydrogen-bond acceptors (Lipinski definition) is 3. The normalized spacial score (nSPS) is 23.0. The number of nitrogens with one attached hydrogen (secondary N) is 1. The maximum atomic E-state index is 10.8. The Morgan fingerprint density at radius 2 is 1.93 bits per heavy atom. The molecule has 3 N–H and O–H groups in total. The minimum absolute atomic E-state index is 0.263. The van der Waals surface area contributed by atoms with Gasteiger partial charge in [-0.1, -0.05) is 19.3 Å². The van der Waals surface area contributed by atoms with Crippen molar-refractivity contribution >= 4 is 5.97 Å². The third kappa shape index (κ3) is 3.27. The van der Waals surface area contributed by atoms with Crippen molar-refractivity contribution in [1.82, 2.24) is 5.32 Å². The van der Waals surface area contributed by atoms with Crippen molar-refractivity contribution in [3.8, 4) is 0 Å². The molecule has 0 aromatic heterocycles. The second kappa shape index (κ2) is 5.32. The third-order valence-electron chi connectivity index (χ3n) is 2.77. The van der Waals surface area contributed by atoms with Crippen LogP contribution in [0.2, 0.25) is 0 Å². The van der Waals surface area contributed by atoms with Crippen molar-refractivity contribution in [3.63, 3.8) is 0 Å². The van der Waals surface area contributed by atoms with E-state index in [1.165, 1.54) is 13.3 Å². The minimum Gasteiger partial charge on any atom is -0.480 e. The molecule has 4 heteroatoms. The van der Waals surface area contributed by atoms with Crippen molar-refractivity contribution in [2.24, 2.45) is 0 Å². The average molecular weight is 201 g/mol. The lowest BCUT2D eigenvalue weighted by Gasteiger charge is -2.27. The molecule has 0 radical (unpaired) electrons. The molecule has 1 rings (SSSR count). The maximum absolute atomic E-state index is 10.8. The molecule has 1 fully saturated rings. The minimum atomic E-state index is -0.967. The van der Waals surface area contributed by atoms with E-state index in [0.29, 0.717) is 0 Å². The molecule has 0 aromatic rings. The first kappa shape index (κ1) is 11.5. The van der Waals surface area contributed by atoms with Crippen LogP contribution in [-0.4, -0.2) is 34.4 Å². The Balaban J connectivity index is 2.41. The molecule has 4 nitrogen and oxygen atoms in total. The Kier molecular flexibility index (Phi) is 4.35. The number of carboxylic acids is 1. The molecule has 0 saturated heterocycles. The summed E-state index contributed by atoms with van der Waals surface area (Å²) < 4.78 is 0. The summed E-state index contributed by atoms with van der Waals surface area (Å²) in [5.74, 6) is -0.967. The number of aliphatic carboxylic acids is 1. The van der Waals surface area contributed by atoms with E-state index >= 15 is 0 Å². The van der Waals surface area contributed by atoms with Gasteiger partial charge in [0, 0.05) is 6.04 Å². The number of hydrogen-bond donors (Lipinski definition) is 3. The van der Waals surface area contributed by atoms with Crippen molar-refractivity contribution < 1.29 is 15.0 Å². The zero-order chi connectivity index (χ0) is 10.6. The van der Waals surface area contributed by atoms with Gasteiger partial charge < -0.3 is 10.2 Å². The van der Waals surface area contributed by atoms with E-state index in [2.05, 4.69) is 5.32 Å². The smallest absolute Gasteiger partial charge is 0.323 e. The Labute approximate surface area is 84.3 Å². The SMILES string of the molecule is C[C@@H](O)[C@H](NC1CCCCC1)C(=O)O. The van der Waals surface area contributed by atoms with Crippen molar-refractivity contribution in [2.45, 2.75) is 57.2 Å². The molecule has 0 amide bonds. The maximum Gasteiger partial charge on any atom is 0.323 e.